The summed E-state index contributed by atoms with van der Waals surface area (Å²) in [5.74, 6) is 1.63. The van der Waals surface area contributed by atoms with Crippen LogP contribution >= 0.6 is 0 Å². The molecule has 0 saturated carbocycles. The Morgan fingerprint density at radius 3 is 2.10 bits per heavy atom. The van der Waals surface area contributed by atoms with Crippen molar-refractivity contribution in [3.63, 3.8) is 0 Å². The van der Waals surface area contributed by atoms with Gasteiger partial charge in [-0.15, -0.1) is 0 Å². The molecule has 0 aliphatic rings. The number of hydrogen-bond donors (Lipinski definition) is 1. The lowest BCUT2D eigenvalue weighted by molar-refractivity contribution is 0.306. The topological polar surface area (TPSA) is 57.4 Å². The highest BCUT2D eigenvalue weighted by Crippen LogP contribution is 2.32. The molecule has 0 saturated heterocycles. The highest BCUT2D eigenvalue weighted by atomic mass is 16.5. The van der Waals surface area contributed by atoms with E-state index in [4.69, 9.17) is 20.2 Å². The van der Waals surface area contributed by atoms with Crippen LogP contribution in [0.25, 0.3) is 22.5 Å². The predicted molar refractivity (Wildman–Crippen MR) is 122 cm³/mol. The van der Waals surface area contributed by atoms with Gasteiger partial charge in [-0.25, -0.2) is 4.98 Å². The first-order valence-electron chi connectivity index (χ1n) is 9.83. The van der Waals surface area contributed by atoms with Crippen LogP contribution in [-0.4, -0.2) is 12.1 Å². The van der Waals surface area contributed by atoms with E-state index in [0.717, 1.165) is 45.1 Å². The molecule has 3 aromatic carbocycles. The van der Waals surface area contributed by atoms with Crippen LogP contribution in [0.5, 0.6) is 11.5 Å². The van der Waals surface area contributed by atoms with Crippen molar-refractivity contribution in [1.82, 2.24) is 4.98 Å². The first-order valence-corrected chi connectivity index (χ1v) is 9.83. The van der Waals surface area contributed by atoms with Crippen LogP contribution in [-0.2, 0) is 6.61 Å². The quantitative estimate of drug-likeness (QED) is 0.441. The lowest BCUT2D eigenvalue weighted by atomic mass is 10.0. The van der Waals surface area contributed by atoms with Crippen LogP contribution in [0.15, 0.2) is 84.9 Å². The predicted octanol–water partition coefficient (Wildman–Crippen LogP) is 5.89. The van der Waals surface area contributed by atoms with E-state index in [1.54, 1.807) is 7.11 Å². The maximum Gasteiger partial charge on any atom is 0.119 e. The molecule has 4 heteroatoms. The standard InChI is InChI=1S/C26H24N2O2/c1-18-16-24(20-8-12-22(29-2)13-9-20)28-26(25(18)27)21-10-14-23(15-11-21)30-17-19-6-4-3-5-7-19/h3-16H,17,27H2,1-2H3. The molecule has 30 heavy (non-hydrogen) atoms. The number of pyridine rings is 1. The van der Waals surface area contributed by atoms with Crippen molar-refractivity contribution in [2.45, 2.75) is 13.5 Å². The number of benzene rings is 3. The molecule has 0 spiro atoms. The summed E-state index contributed by atoms with van der Waals surface area (Å²) in [5.41, 5.74) is 12.8. The number of nitrogens with two attached hydrogens (primary N) is 1. The van der Waals surface area contributed by atoms with E-state index in [-0.39, 0.29) is 0 Å². The summed E-state index contributed by atoms with van der Waals surface area (Å²) in [5, 5.41) is 0. The Morgan fingerprint density at radius 2 is 1.43 bits per heavy atom. The Morgan fingerprint density at radius 1 is 0.800 bits per heavy atom. The minimum absolute atomic E-state index is 0.534. The van der Waals surface area contributed by atoms with Gasteiger partial charge < -0.3 is 15.2 Å². The Kier molecular flexibility index (Phi) is 5.66. The average Bonchev–Trinajstić information content (AvgIpc) is 2.80. The smallest absolute Gasteiger partial charge is 0.119 e. The summed E-state index contributed by atoms with van der Waals surface area (Å²) in [7, 11) is 1.66. The van der Waals surface area contributed by atoms with E-state index in [1.165, 1.54) is 0 Å². The average molecular weight is 396 g/mol. The van der Waals surface area contributed by atoms with Crippen molar-refractivity contribution in [3.05, 3.63) is 96.1 Å². The van der Waals surface area contributed by atoms with Crippen molar-refractivity contribution >= 4 is 5.69 Å². The van der Waals surface area contributed by atoms with Crippen molar-refractivity contribution in [2.75, 3.05) is 12.8 Å². The Labute approximate surface area is 176 Å². The molecule has 0 radical (unpaired) electrons. The van der Waals surface area contributed by atoms with Gasteiger partial charge in [0.1, 0.15) is 18.1 Å². The molecule has 0 bridgehead atoms. The Hall–Kier alpha value is -3.79. The second-order valence-corrected chi connectivity index (χ2v) is 7.11. The third kappa shape index (κ3) is 4.28. The monoisotopic (exact) mass is 396 g/mol. The van der Waals surface area contributed by atoms with Crippen LogP contribution in [0.2, 0.25) is 0 Å². The van der Waals surface area contributed by atoms with Gasteiger partial charge in [0.2, 0.25) is 0 Å². The van der Waals surface area contributed by atoms with Gasteiger partial charge in [0.25, 0.3) is 0 Å². The number of hydrogen-bond acceptors (Lipinski definition) is 4. The van der Waals surface area contributed by atoms with E-state index in [1.807, 2.05) is 91.9 Å². The molecule has 0 amide bonds. The molecule has 0 atom stereocenters. The van der Waals surface area contributed by atoms with Gasteiger partial charge in [0.05, 0.1) is 24.2 Å². The summed E-state index contributed by atoms with van der Waals surface area (Å²) in [4.78, 5) is 4.85. The summed E-state index contributed by atoms with van der Waals surface area (Å²) < 4.78 is 11.1. The van der Waals surface area contributed by atoms with Crippen molar-refractivity contribution in [2.24, 2.45) is 0 Å². The van der Waals surface area contributed by atoms with E-state index in [9.17, 15) is 0 Å². The second-order valence-electron chi connectivity index (χ2n) is 7.11. The summed E-state index contributed by atoms with van der Waals surface area (Å²) >= 11 is 0. The molecule has 150 valence electrons. The van der Waals surface area contributed by atoms with Crippen LogP contribution in [0.4, 0.5) is 5.69 Å². The molecule has 0 unspecified atom stereocenters. The Balaban J connectivity index is 1.58. The highest BCUT2D eigenvalue weighted by molar-refractivity contribution is 5.78. The van der Waals surface area contributed by atoms with Crippen LogP contribution < -0.4 is 15.2 Å². The number of aryl methyl sites for hydroxylation is 1. The SMILES string of the molecule is COc1ccc(-c2cc(C)c(N)c(-c3ccc(OCc4ccccc4)cc3)n2)cc1. The van der Waals surface area contributed by atoms with Gasteiger partial charge in [-0.2, -0.15) is 0 Å². The van der Waals surface area contributed by atoms with Crippen LogP contribution in [0.3, 0.4) is 0 Å². The molecular formula is C26H24N2O2. The number of methoxy groups -OCH3 is 1. The van der Waals surface area contributed by atoms with Crippen molar-refractivity contribution in [1.29, 1.82) is 0 Å². The van der Waals surface area contributed by atoms with E-state index in [0.29, 0.717) is 12.3 Å². The maximum atomic E-state index is 6.37. The molecule has 4 aromatic rings. The number of nitrogens with zero attached hydrogens (tertiary/aromatic N) is 1. The molecule has 0 aliphatic heterocycles. The number of anilines is 1. The largest absolute Gasteiger partial charge is 0.497 e. The zero-order valence-electron chi connectivity index (χ0n) is 17.1. The first kappa shape index (κ1) is 19.5. The van der Waals surface area contributed by atoms with Gasteiger partial charge in [-0.05, 0) is 72.6 Å². The third-order valence-corrected chi connectivity index (χ3v) is 5.03. The van der Waals surface area contributed by atoms with E-state index < -0.39 is 0 Å². The van der Waals surface area contributed by atoms with Crippen molar-refractivity contribution < 1.29 is 9.47 Å². The molecular weight excluding hydrogens is 372 g/mol. The van der Waals surface area contributed by atoms with Gasteiger partial charge in [-0.1, -0.05) is 30.3 Å². The molecule has 0 aliphatic carbocycles. The number of rotatable bonds is 6. The fourth-order valence-electron chi connectivity index (χ4n) is 3.26. The van der Waals surface area contributed by atoms with Gasteiger partial charge >= 0.3 is 0 Å². The second kappa shape index (κ2) is 8.70. The molecule has 2 N–H and O–H groups in total. The third-order valence-electron chi connectivity index (χ3n) is 5.03. The lowest BCUT2D eigenvalue weighted by Crippen LogP contribution is -1.99. The number of ether oxygens (including phenoxy) is 2. The minimum atomic E-state index is 0.534. The fourth-order valence-corrected chi connectivity index (χ4v) is 3.26. The van der Waals surface area contributed by atoms with E-state index >= 15 is 0 Å². The highest BCUT2D eigenvalue weighted by Gasteiger charge is 2.11. The van der Waals surface area contributed by atoms with Crippen LogP contribution in [0.1, 0.15) is 11.1 Å². The summed E-state index contributed by atoms with van der Waals surface area (Å²) in [6.07, 6.45) is 0. The molecule has 4 nitrogen and oxygen atoms in total. The molecule has 1 heterocycles. The zero-order valence-corrected chi connectivity index (χ0v) is 17.1. The first-order chi connectivity index (χ1) is 14.6. The van der Waals surface area contributed by atoms with Gasteiger partial charge in [0, 0.05) is 11.1 Å². The van der Waals surface area contributed by atoms with Gasteiger partial charge in [-0.3, -0.25) is 0 Å². The molecule has 4 rings (SSSR count). The normalized spacial score (nSPS) is 10.6. The molecule has 0 fully saturated rings. The fraction of sp³-hybridized carbons (Fsp3) is 0.115. The zero-order chi connectivity index (χ0) is 20.9. The van der Waals surface area contributed by atoms with Crippen molar-refractivity contribution in [3.8, 4) is 34.0 Å². The summed E-state index contributed by atoms with van der Waals surface area (Å²) in [6.45, 7) is 2.54. The number of aromatic nitrogens is 1. The summed E-state index contributed by atoms with van der Waals surface area (Å²) in [6, 6.07) is 27.9. The van der Waals surface area contributed by atoms with Gasteiger partial charge in [0.15, 0.2) is 0 Å². The maximum absolute atomic E-state index is 6.37. The number of nitrogen functional groups attached to an aromatic ring is 1. The minimum Gasteiger partial charge on any atom is -0.497 e. The molecule has 1 aromatic heterocycles. The van der Waals surface area contributed by atoms with E-state index in [2.05, 4.69) is 0 Å². The Bertz CT molecular complexity index is 1120. The lowest BCUT2D eigenvalue weighted by Gasteiger charge is -2.13. The van der Waals surface area contributed by atoms with Crippen LogP contribution in [0, 0.1) is 6.92 Å².